The van der Waals surface area contributed by atoms with E-state index in [2.05, 4.69) is 4.90 Å². The predicted octanol–water partition coefficient (Wildman–Crippen LogP) is 4.07. The number of rotatable bonds is 5. The van der Waals surface area contributed by atoms with Crippen molar-refractivity contribution in [2.24, 2.45) is 0 Å². The second-order valence-corrected chi connectivity index (χ2v) is 6.29. The first-order valence-electron chi connectivity index (χ1n) is 8.56. The van der Waals surface area contributed by atoms with E-state index in [1.807, 2.05) is 30.3 Å². The van der Waals surface area contributed by atoms with Crippen LogP contribution in [0.2, 0.25) is 0 Å². The Labute approximate surface area is 155 Å². The van der Waals surface area contributed by atoms with Gasteiger partial charge < -0.3 is 10.5 Å². The van der Waals surface area contributed by atoms with E-state index in [1.165, 1.54) is 19.3 Å². The molecule has 1 aliphatic rings. The van der Waals surface area contributed by atoms with Gasteiger partial charge in [-0.3, -0.25) is 4.90 Å². The smallest absolute Gasteiger partial charge is 0.338 e. The highest BCUT2D eigenvalue weighted by atomic mass is 35.5. The van der Waals surface area contributed by atoms with Crippen molar-refractivity contribution in [3.8, 4) is 0 Å². The molecule has 0 amide bonds. The number of carbonyl (C=O) groups excluding carboxylic acids is 1. The van der Waals surface area contributed by atoms with E-state index in [1.54, 1.807) is 24.3 Å². The third kappa shape index (κ3) is 5.48. The molecule has 0 radical (unpaired) electrons. The molecule has 134 valence electrons. The van der Waals surface area contributed by atoms with Crippen molar-refractivity contribution in [2.75, 3.05) is 25.4 Å². The molecule has 0 aliphatic carbocycles. The lowest BCUT2D eigenvalue weighted by Crippen LogP contribution is -2.34. The van der Waals surface area contributed by atoms with Crippen molar-refractivity contribution in [1.29, 1.82) is 0 Å². The van der Waals surface area contributed by atoms with Crippen molar-refractivity contribution >= 4 is 24.1 Å². The average Bonchev–Trinajstić information content (AvgIpc) is 2.63. The summed E-state index contributed by atoms with van der Waals surface area (Å²) in [6.07, 6.45) is 3.47. The molecule has 1 unspecified atom stereocenters. The SMILES string of the molecule is Cl.Nc1ccc(C(=O)OC(CN2CCCCC2)c2ccccc2)cc1. The van der Waals surface area contributed by atoms with Gasteiger partial charge in [0.25, 0.3) is 0 Å². The monoisotopic (exact) mass is 360 g/mol. The quantitative estimate of drug-likeness (QED) is 0.645. The van der Waals surface area contributed by atoms with Gasteiger partial charge in [0.15, 0.2) is 0 Å². The Balaban J connectivity index is 0.00000225. The lowest BCUT2D eigenvalue weighted by molar-refractivity contribution is 0.0177. The maximum atomic E-state index is 12.5. The molecule has 2 aromatic rings. The summed E-state index contributed by atoms with van der Waals surface area (Å²) < 4.78 is 5.84. The van der Waals surface area contributed by atoms with Gasteiger partial charge in [-0.25, -0.2) is 4.79 Å². The first-order chi connectivity index (χ1) is 11.7. The van der Waals surface area contributed by atoms with Gasteiger partial charge in [-0.1, -0.05) is 36.8 Å². The van der Waals surface area contributed by atoms with Crippen LogP contribution in [-0.4, -0.2) is 30.5 Å². The minimum absolute atomic E-state index is 0. The minimum atomic E-state index is -0.305. The number of esters is 1. The Kier molecular flexibility index (Phi) is 7.29. The van der Waals surface area contributed by atoms with E-state index in [9.17, 15) is 4.79 Å². The van der Waals surface area contributed by atoms with Gasteiger partial charge in [0.05, 0.1) is 5.56 Å². The number of ether oxygens (including phenoxy) is 1. The third-order valence-corrected chi connectivity index (χ3v) is 4.44. The molecule has 0 aromatic heterocycles. The number of nitrogens with two attached hydrogens (primary N) is 1. The fourth-order valence-corrected chi connectivity index (χ4v) is 3.07. The highest BCUT2D eigenvalue weighted by Gasteiger charge is 2.22. The van der Waals surface area contributed by atoms with Crippen LogP contribution in [-0.2, 0) is 4.74 Å². The lowest BCUT2D eigenvalue weighted by Gasteiger charge is -2.30. The van der Waals surface area contributed by atoms with Crippen molar-refractivity contribution in [3.05, 3.63) is 65.7 Å². The Bertz CT molecular complexity index is 655. The molecule has 1 aliphatic heterocycles. The molecule has 1 atom stereocenters. The zero-order valence-electron chi connectivity index (χ0n) is 14.3. The molecule has 5 heteroatoms. The topological polar surface area (TPSA) is 55.6 Å². The molecule has 0 bridgehead atoms. The number of piperidine rings is 1. The second-order valence-electron chi connectivity index (χ2n) is 6.29. The van der Waals surface area contributed by atoms with E-state index >= 15 is 0 Å². The molecule has 2 aromatic carbocycles. The van der Waals surface area contributed by atoms with Crippen molar-refractivity contribution in [1.82, 2.24) is 4.90 Å². The van der Waals surface area contributed by atoms with Gasteiger partial charge >= 0.3 is 5.97 Å². The summed E-state index contributed by atoms with van der Waals surface area (Å²) in [6.45, 7) is 2.89. The summed E-state index contributed by atoms with van der Waals surface area (Å²) in [7, 11) is 0. The lowest BCUT2D eigenvalue weighted by atomic mass is 10.1. The highest BCUT2D eigenvalue weighted by molar-refractivity contribution is 5.89. The number of halogens is 1. The van der Waals surface area contributed by atoms with Gasteiger partial charge in [0, 0.05) is 12.2 Å². The van der Waals surface area contributed by atoms with Crippen LogP contribution in [0.3, 0.4) is 0 Å². The van der Waals surface area contributed by atoms with Gasteiger partial charge in [0.2, 0.25) is 0 Å². The van der Waals surface area contributed by atoms with Crippen LogP contribution in [0.4, 0.5) is 5.69 Å². The molecule has 1 heterocycles. The first kappa shape index (κ1) is 19.3. The van der Waals surface area contributed by atoms with Crippen LogP contribution >= 0.6 is 12.4 Å². The molecule has 25 heavy (non-hydrogen) atoms. The van der Waals surface area contributed by atoms with Crippen molar-refractivity contribution < 1.29 is 9.53 Å². The first-order valence-corrected chi connectivity index (χ1v) is 8.56. The molecule has 1 fully saturated rings. The highest BCUT2D eigenvalue weighted by Crippen LogP contribution is 2.22. The molecular formula is C20H25ClN2O2. The molecule has 4 nitrogen and oxygen atoms in total. The number of hydrogen-bond donors (Lipinski definition) is 1. The summed E-state index contributed by atoms with van der Waals surface area (Å²) >= 11 is 0. The minimum Gasteiger partial charge on any atom is -0.453 e. The number of likely N-dealkylation sites (tertiary alicyclic amines) is 1. The summed E-state index contributed by atoms with van der Waals surface area (Å²) in [5.41, 5.74) is 7.89. The molecule has 3 rings (SSSR count). The van der Waals surface area contributed by atoms with Crippen LogP contribution in [0.1, 0.15) is 41.3 Å². The summed E-state index contributed by atoms with van der Waals surface area (Å²) in [5, 5.41) is 0. The zero-order valence-corrected chi connectivity index (χ0v) is 15.1. The third-order valence-electron chi connectivity index (χ3n) is 4.44. The van der Waals surface area contributed by atoms with Gasteiger partial charge in [-0.05, 0) is 55.8 Å². The summed E-state index contributed by atoms with van der Waals surface area (Å²) in [5.74, 6) is -0.305. The van der Waals surface area contributed by atoms with Gasteiger partial charge in [0.1, 0.15) is 6.10 Å². The predicted molar refractivity (Wildman–Crippen MR) is 103 cm³/mol. The summed E-state index contributed by atoms with van der Waals surface area (Å²) in [4.78, 5) is 14.9. The van der Waals surface area contributed by atoms with Crippen LogP contribution < -0.4 is 5.73 Å². The number of nitrogens with zero attached hydrogens (tertiary/aromatic N) is 1. The van der Waals surface area contributed by atoms with E-state index in [0.29, 0.717) is 11.3 Å². The van der Waals surface area contributed by atoms with E-state index in [-0.39, 0.29) is 24.5 Å². The second kappa shape index (κ2) is 9.44. The maximum Gasteiger partial charge on any atom is 0.338 e. The van der Waals surface area contributed by atoms with E-state index in [0.717, 1.165) is 25.2 Å². The number of carbonyl (C=O) groups is 1. The number of nitrogen functional groups attached to an aromatic ring is 1. The van der Waals surface area contributed by atoms with Crippen molar-refractivity contribution in [2.45, 2.75) is 25.4 Å². The molecular weight excluding hydrogens is 336 g/mol. The molecule has 2 N–H and O–H groups in total. The van der Waals surface area contributed by atoms with Crippen molar-refractivity contribution in [3.63, 3.8) is 0 Å². The Morgan fingerprint density at radius 3 is 2.28 bits per heavy atom. The fraction of sp³-hybridized carbons (Fsp3) is 0.350. The molecule has 0 spiro atoms. The van der Waals surface area contributed by atoms with Gasteiger partial charge in [-0.15, -0.1) is 12.4 Å². The number of benzene rings is 2. The molecule has 0 saturated carbocycles. The van der Waals surface area contributed by atoms with E-state index < -0.39 is 0 Å². The maximum absolute atomic E-state index is 12.5. The van der Waals surface area contributed by atoms with Crippen LogP contribution in [0.15, 0.2) is 54.6 Å². The van der Waals surface area contributed by atoms with Crippen LogP contribution in [0.25, 0.3) is 0 Å². The Morgan fingerprint density at radius 1 is 1.00 bits per heavy atom. The molecule has 1 saturated heterocycles. The standard InChI is InChI=1S/C20H24N2O2.ClH/c21-18-11-9-17(10-12-18)20(23)24-19(16-7-3-1-4-8-16)15-22-13-5-2-6-14-22;/h1,3-4,7-12,19H,2,5-6,13-15,21H2;1H. The fourth-order valence-electron chi connectivity index (χ4n) is 3.07. The van der Waals surface area contributed by atoms with Gasteiger partial charge in [-0.2, -0.15) is 0 Å². The summed E-state index contributed by atoms with van der Waals surface area (Å²) in [6, 6.07) is 16.8. The zero-order chi connectivity index (χ0) is 16.8. The average molecular weight is 361 g/mol. The largest absolute Gasteiger partial charge is 0.453 e. The number of hydrogen-bond acceptors (Lipinski definition) is 4. The Hall–Kier alpha value is -2.04. The van der Waals surface area contributed by atoms with Crippen LogP contribution in [0, 0.1) is 0 Å². The van der Waals surface area contributed by atoms with Crippen LogP contribution in [0.5, 0.6) is 0 Å². The van der Waals surface area contributed by atoms with E-state index in [4.69, 9.17) is 10.5 Å². The number of anilines is 1. The Morgan fingerprint density at radius 2 is 1.64 bits per heavy atom. The normalized spacial score (nSPS) is 15.8.